The zero-order valence-electron chi connectivity index (χ0n) is 16.5. The maximum atomic E-state index is 12.6. The molecule has 1 aromatic carbocycles. The number of anilines is 1. The van der Waals surface area contributed by atoms with E-state index >= 15 is 0 Å². The lowest BCUT2D eigenvalue weighted by Gasteiger charge is -2.16. The van der Waals surface area contributed by atoms with Crippen molar-refractivity contribution in [2.75, 3.05) is 18.5 Å². The second kappa shape index (κ2) is 10.2. The minimum absolute atomic E-state index is 0.00294. The number of halogens is 1. The van der Waals surface area contributed by atoms with E-state index in [-0.39, 0.29) is 25.2 Å². The van der Waals surface area contributed by atoms with Gasteiger partial charge in [0.1, 0.15) is 17.8 Å². The second-order valence-electron chi connectivity index (χ2n) is 6.79. The van der Waals surface area contributed by atoms with Gasteiger partial charge < -0.3 is 25.8 Å². The Labute approximate surface area is 179 Å². The summed E-state index contributed by atoms with van der Waals surface area (Å²) in [5.74, 6) is 0.230. The number of nitrogens with zero attached hydrogens (tertiary/aromatic N) is 2. The number of aromatic nitrogens is 3. The lowest BCUT2D eigenvalue weighted by Crippen LogP contribution is -2.31. The van der Waals surface area contributed by atoms with E-state index in [2.05, 4.69) is 25.6 Å². The van der Waals surface area contributed by atoms with E-state index in [0.717, 1.165) is 6.42 Å². The molecule has 30 heavy (non-hydrogen) atoms. The van der Waals surface area contributed by atoms with Gasteiger partial charge in [-0.05, 0) is 30.2 Å². The average Bonchev–Trinajstić information content (AvgIpc) is 3.26. The van der Waals surface area contributed by atoms with Crippen molar-refractivity contribution in [1.82, 2.24) is 20.3 Å². The Morgan fingerprint density at radius 2 is 2.03 bits per heavy atom. The summed E-state index contributed by atoms with van der Waals surface area (Å²) < 4.78 is 0. The van der Waals surface area contributed by atoms with Crippen LogP contribution in [0.2, 0.25) is 5.02 Å². The van der Waals surface area contributed by atoms with Gasteiger partial charge in [-0.25, -0.2) is 9.97 Å². The van der Waals surface area contributed by atoms with Crippen LogP contribution in [0.3, 0.4) is 0 Å². The number of amides is 1. The first-order chi connectivity index (χ1) is 14.5. The van der Waals surface area contributed by atoms with Crippen molar-refractivity contribution in [2.24, 2.45) is 0 Å². The normalized spacial score (nSPS) is 12.9. The predicted molar refractivity (Wildman–Crippen MR) is 115 cm³/mol. The van der Waals surface area contributed by atoms with Crippen LogP contribution in [0.1, 0.15) is 35.4 Å². The van der Waals surface area contributed by atoms with Crippen LogP contribution >= 0.6 is 11.6 Å². The summed E-state index contributed by atoms with van der Waals surface area (Å²) in [4.78, 5) is 24.0. The molecule has 0 radical (unpaired) electrons. The summed E-state index contributed by atoms with van der Waals surface area (Å²) in [6.45, 7) is 1.71. The first-order valence-electron chi connectivity index (χ1n) is 9.59. The van der Waals surface area contributed by atoms with E-state index in [1.54, 1.807) is 42.6 Å². The number of aliphatic hydroxyl groups excluding tert-OH is 2. The highest BCUT2D eigenvalue weighted by Crippen LogP contribution is 2.22. The Hall–Kier alpha value is -2.94. The number of carbonyl (C=O) groups excluding carboxylic acids is 1. The summed E-state index contributed by atoms with van der Waals surface area (Å²) >= 11 is 6.00. The van der Waals surface area contributed by atoms with Crippen molar-refractivity contribution in [3.63, 3.8) is 0 Å². The third-order valence-corrected chi connectivity index (χ3v) is 4.93. The number of H-pyrrole nitrogens is 1. The van der Waals surface area contributed by atoms with Crippen LogP contribution in [0.15, 0.2) is 48.9 Å². The summed E-state index contributed by atoms with van der Waals surface area (Å²) in [6, 6.07) is 9.74. The van der Waals surface area contributed by atoms with Crippen LogP contribution in [-0.2, 0) is 0 Å². The smallest absolute Gasteiger partial charge is 0.268 e. The molecule has 2 aromatic heterocycles. The summed E-state index contributed by atoms with van der Waals surface area (Å²) in [5, 5.41) is 25.5. The van der Waals surface area contributed by atoms with Crippen molar-refractivity contribution in [2.45, 2.75) is 25.4 Å². The Bertz CT molecular complexity index is 990. The van der Waals surface area contributed by atoms with Gasteiger partial charge in [-0.2, -0.15) is 0 Å². The molecule has 0 saturated carbocycles. The van der Waals surface area contributed by atoms with Crippen molar-refractivity contribution in [3.8, 4) is 11.3 Å². The molecule has 8 nitrogen and oxygen atoms in total. The van der Waals surface area contributed by atoms with E-state index in [1.807, 2.05) is 6.92 Å². The highest BCUT2D eigenvalue weighted by molar-refractivity contribution is 6.30. The molecule has 2 atom stereocenters. The number of hydrogen-bond acceptors (Lipinski definition) is 6. The third-order valence-electron chi connectivity index (χ3n) is 4.69. The largest absolute Gasteiger partial charge is 0.394 e. The molecule has 0 spiro atoms. The van der Waals surface area contributed by atoms with Gasteiger partial charge in [0.25, 0.3) is 5.91 Å². The lowest BCUT2D eigenvalue weighted by molar-refractivity contribution is 0.0911. The van der Waals surface area contributed by atoms with Gasteiger partial charge in [-0.15, -0.1) is 0 Å². The number of hydrogen-bond donors (Lipinski definition) is 5. The Morgan fingerprint density at radius 3 is 2.73 bits per heavy atom. The van der Waals surface area contributed by atoms with E-state index in [4.69, 9.17) is 11.6 Å². The van der Waals surface area contributed by atoms with E-state index in [9.17, 15) is 15.0 Å². The monoisotopic (exact) mass is 429 g/mol. The predicted octanol–water partition coefficient (Wildman–Crippen LogP) is 2.77. The molecule has 158 valence electrons. The molecule has 0 unspecified atom stereocenters. The van der Waals surface area contributed by atoms with Gasteiger partial charge in [-0.3, -0.25) is 4.79 Å². The van der Waals surface area contributed by atoms with Crippen LogP contribution in [0, 0.1) is 0 Å². The molecule has 0 fully saturated rings. The number of rotatable bonds is 9. The quantitative estimate of drug-likeness (QED) is 0.356. The molecular formula is C21H24ClN5O3. The number of benzene rings is 1. The maximum Gasteiger partial charge on any atom is 0.268 e. The Balaban J connectivity index is 1.73. The summed E-state index contributed by atoms with van der Waals surface area (Å²) in [5.41, 5.74) is 2.39. The number of aliphatic hydroxyl groups is 2. The first-order valence-corrected chi connectivity index (χ1v) is 9.97. The van der Waals surface area contributed by atoms with E-state index in [1.165, 1.54) is 6.33 Å². The lowest BCUT2D eigenvalue weighted by atomic mass is 10.1. The Morgan fingerprint density at radius 1 is 1.20 bits per heavy atom. The molecule has 0 aliphatic carbocycles. The molecule has 0 aliphatic rings. The fourth-order valence-corrected chi connectivity index (χ4v) is 3.15. The number of carbonyl (C=O) groups is 1. The van der Waals surface area contributed by atoms with E-state index in [0.29, 0.717) is 33.4 Å². The minimum Gasteiger partial charge on any atom is -0.394 e. The molecule has 5 N–H and O–H groups in total. The molecule has 0 bridgehead atoms. The van der Waals surface area contributed by atoms with Crippen LogP contribution in [0.5, 0.6) is 0 Å². The summed E-state index contributed by atoms with van der Waals surface area (Å²) in [7, 11) is 0. The molecule has 9 heteroatoms. The zero-order valence-corrected chi connectivity index (χ0v) is 17.2. The third kappa shape index (κ3) is 5.35. The Kier molecular flexibility index (Phi) is 7.40. The van der Waals surface area contributed by atoms with Crippen molar-refractivity contribution in [1.29, 1.82) is 0 Å². The van der Waals surface area contributed by atoms with Crippen LogP contribution < -0.4 is 10.6 Å². The maximum absolute atomic E-state index is 12.6. The highest BCUT2D eigenvalue weighted by atomic mass is 35.5. The standard InChI is InChI=1S/C21H24ClN5O3/c1-2-16(10-28)26-20-8-17(24-12-25-20)14-7-18(23-9-14)21(30)27-19(11-29)13-4-3-5-15(22)6-13/h3-9,12,16,19,23,28-29H,2,10-11H2,1H3,(H,27,30)(H,24,25,26)/t16-,19-/m1/s1. The molecule has 1 amide bonds. The minimum atomic E-state index is -0.581. The van der Waals surface area contributed by atoms with Crippen molar-refractivity contribution in [3.05, 3.63) is 65.2 Å². The van der Waals surface area contributed by atoms with Gasteiger partial charge in [-0.1, -0.05) is 30.7 Å². The fourth-order valence-electron chi connectivity index (χ4n) is 2.95. The van der Waals surface area contributed by atoms with Gasteiger partial charge in [0.15, 0.2) is 0 Å². The first kappa shape index (κ1) is 21.8. The van der Waals surface area contributed by atoms with Gasteiger partial charge in [0, 0.05) is 22.8 Å². The summed E-state index contributed by atoms with van der Waals surface area (Å²) in [6.07, 6.45) is 3.86. The van der Waals surface area contributed by atoms with Crippen molar-refractivity contribution >= 4 is 23.3 Å². The van der Waals surface area contributed by atoms with Crippen LogP contribution in [0.25, 0.3) is 11.3 Å². The van der Waals surface area contributed by atoms with Gasteiger partial charge in [0.2, 0.25) is 0 Å². The topological polar surface area (TPSA) is 123 Å². The fraction of sp³-hybridized carbons (Fsp3) is 0.286. The molecule has 3 aromatic rings. The number of aromatic amines is 1. The molecule has 2 heterocycles. The van der Waals surface area contributed by atoms with Gasteiger partial charge >= 0.3 is 0 Å². The molecule has 3 rings (SSSR count). The number of nitrogens with one attached hydrogen (secondary N) is 3. The van der Waals surface area contributed by atoms with Crippen LogP contribution in [-0.4, -0.2) is 50.3 Å². The van der Waals surface area contributed by atoms with Gasteiger partial charge in [0.05, 0.1) is 31.0 Å². The highest BCUT2D eigenvalue weighted by Gasteiger charge is 2.17. The zero-order chi connectivity index (χ0) is 21.5. The average molecular weight is 430 g/mol. The molecular weight excluding hydrogens is 406 g/mol. The molecule has 0 aliphatic heterocycles. The SMILES string of the molecule is CC[C@H](CO)Nc1cc(-c2c[nH]c(C(=O)N[C@H](CO)c3cccc(Cl)c3)c2)ncn1. The second-order valence-corrected chi connectivity index (χ2v) is 7.22. The van der Waals surface area contributed by atoms with E-state index < -0.39 is 6.04 Å². The molecule has 0 saturated heterocycles. The van der Waals surface area contributed by atoms with Crippen LogP contribution in [0.4, 0.5) is 5.82 Å². The van der Waals surface area contributed by atoms with Crippen molar-refractivity contribution < 1.29 is 15.0 Å².